The van der Waals surface area contributed by atoms with Crippen molar-refractivity contribution in [1.29, 1.82) is 0 Å². The first-order chi connectivity index (χ1) is 13.7. The Morgan fingerprint density at radius 1 is 1.11 bits per heavy atom. The molecule has 6 nitrogen and oxygen atoms in total. The zero-order valence-electron chi connectivity index (χ0n) is 15.8. The minimum atomic E-state index is -0.616. The van der Waals surface area contributed by atoms with E-state index in [0.29, 0.717) is 19.6 Å². The van der Waals surface area contributed by atoms with Crippen LogP contribution in [0.1, 0.15) is 17.7 Å². The number of ether oxygens (including phenoxy) is 1. The minimum absolute atomic E-state index is 0.169. The van der Waals surface area contributed by atoms with E-state index in [9.17, 15) is 4.79 Å². The lowest BCUT2D eigenvalue weighted by Crippen LogP contribution is -2.42. The molecular formula is C22H26N4O2. The van der Waals surface area contributed by atoms with Crippen LogP contribution in [0.25, 0.3) is 0 Å². The predicted molar refractivity (Wildman–Crippen MR) is 109 cm³/mol. The highest BCUT2D eigenvalue weighted by Crippen LogP contribution is 2.08. The quantitative estimate of drug-likeness (QED) is 0.531. The van der Waals surface area contributed by atoms with Crippen LogP contribution in [0, 0.1) is 0 Å². The third kappa shape index (κ3) is 6.25. The van der Waals surface area contributed by atoms with Gasteiger partial charge >= 0.3 is 0 Å². The zero-order valence-corrected chi connectivity index (χ0v) is 15.8. The number of nitrogens with two attached hydrogens (primary N) is 1. The summed E-state index contributed by atoms with van der Waals surface area (Å²) in [5, 5.41) is 2.86. The van der Waals surface area contributed by atoms with Gasteiger partial charge in [-0.25, -0.2) is 4.98 Å². The van der Waals surface area contributed by atoms with Gasteiger partial charge in [-0.05, 0) is 24.1 Å². The summed E-state index contributed by atoms with van der Waals surface area (Å²) in [5.41, 5.74) is 8.04. The van der Waals surface area contributed by atoms with Crippen molar-refractivity contribution in [2.75, 3.05) is 13.2 Å². The second-order valence-electron chi connectivity index (χ2n) is 6.64. The van der Waals surface area contributed by atoms with Crippen LogP contribution in [0.2, 0.25) is 0 Å². The molecule has 0 spiro atoms. The van der Waals surface area contributed by atoms with Gasteiger partial charge in [-0.15, -0.1) is 0 Å². The average molecular weight is 378 g/mol. The number of hydrogen-bond acceptors (Lipinski definition) is 4. The van der Waals surface area contributed by atoms with Gasteiger partial charge in [0.25, 0.3) is 0 Å². The molecule has 0 bridgehead atoms. The average Bonchev–Trinajstić information content (AvgIpc) is 3.15. The molecule has 3 aromatic rings. The maximum absolute atomic E-state index is 12.2. The molecule has 6 heteroatoms. The van der Waals surface area contributed by atoms with Crippen LogP contribution in [-0.4, -0.2) is 34.7 Å². The molecule has 3 N–H and O–H groups in total. The molecule has 0 aliphatic rings. The number of nitrogens with zero attached hydrogens (tertiary/aromatic N) is 2. The number of rotatable bonds is 10. The fraction of sp³-hybridized carbons (Fsp3) is 0.273. The van der Waals surface area contributed by atoms with Crippen LogP contribution < -0.4 is 15.8 Å². The Hall–Kier alpha value is -3.12. The molecule has 2 aromatic carbocycles. The first-order valence-electron chi connectivity index (χ1n) is 9.46. The summed E-state index contributed by atoms with van der Waals surface area (Å²) in [5.74, 6) is 0.661. The molecular weight excluding hydrogens is 352 g/mol. The molecule has 28 heavy (non-hydrogen) atoms. The standard InChI is InChI=1S/C22H26N4O2/c23-21(22(27)24-12-7-13-28-20-10-5-2-6-11-20)14-19-16-26(17-25-19)15-18-8-3-1-4-9-18/h1-6,8-11,16-17,21H,7,12-15,23H2,(H,24,27)/t21-/m0/s1. The molecule has 0 aliphatic carbocycles. The van der Waals surface area contributed by atoms with Crippen molar-refractivity contribution < 1.29 is 9.53 Å². The SMILES string of the molecule is N[C@@H](Cc1cn(Cc2ccccc2)cn1)C(=O)NCCCOc1ccccc1. The van der Waals surface area contributed by atoms with Gasteiger partial charge in [0, 0.05) is 25.7 Å². The first kappa shape index (κ1) is 19.6. The van der Waals surface area contributed by atoms with Crippen LogP contribution in [0.3, 0.4) is 0 Å². The van der Waals surface area contributed by atoms with E-state index < -0.39 is 6.04 Å². The molecule has 0 radical (unpaired) electrons. The van der Waals surface area contributed by atoms with Gasteiger partial charge in [0.05, 0.1) is 24.7 Å². The molecule has 0 saturated heterocycles. The van der Waals surface area contributed by atoms with Crippen LogP contribution in [-0.2, 0) is 17.8 Å². The van der Waals surface area contributed by atoms with E-state index in [-0.39, 0.29) is 5.91 Å². The van der Waals surface area contributed by atoms with E-state index in [1.54, 1.807) is 6.33 Å². The molecule has 0 fully saturated rings. The Bertz CT molecular complexity index is 849. The fourth-order valence-electron chi connectivity index (χ4n) is 2.83. The zero-order chi connectivity index (χ0) is 19.6. The Balaban J connectivity index is 1.36. The number of carbonyl (C=O) groups is 1. The van der Waals surface area contributed by atoms with Crippen LogP contribution in [0.15, 0.2) is 73.2 Å². The Morgan fingerprint density at radius 3 is 2.57 bits per heavy atom. The number of amides is 1. The highest BCUT2D eigenvalue weighted by molar-refractivity contribution is 5.81. The van der Waals surface area contributed by atoms with Gasteiger partial charge in [-0.1, -0.05) is 48.5 Å². The lowest BCUT2D eigenvalue weighted by atomic mass is 10.1. The second kappa shape index (κ2) is 10.3. The highest BCUT2D eigenvalue weighted by atomic mass is 16.5. The molecule has 1 aromatic heterocycles. The number of hydrogen-bond donors (Lipinski definition) is 2. The second-order valence-corrected chi connectivity index (χ2v) is 6.64. The van der Waals surface area contributed by atoms with Crippen molar-refractivity contribution in [3.05, 3.63) is 84.4 Å². The van der Waals surface area contributed by atoms with Gasteiger partial charge in [0.15, 0.2) is 0 Å². The molecule has 0 saturated carbocycles. The summed E-state index contributed by atoms with van der Waals surface area (Å²) in [4.78, 5) is 16.5. The fourth-order valence-corrected chi connectivity index (χ4v) is 2.83. The monoisotopic (exact) mass is 378 g/mol. The molecule has 1 amide bonds. The molecule has 1 atom stereocenters. The van der Waals surface area contributed by atoms with E-state index >= 15 is 0 Å². The first-order valence-corrected chi connectivity index (χ1v) is 9.46. The van der Waals surface area contributed by atoms with Gasteiger partial charge in [-0.3, -0.25) is 4.79 Å². The Morgan fingerprint density at radius 2 is 1.82 bits per heavy atom. The third-order valence-electron chi connectivity index (χ3n) is 4.29. The van der Waals surface area contributed by atoms with Crippen molar-refractivity contribution in [1.82, 2.24) is 14.9 Å². The van der Waals surface area contributed by atoms with Gasteiger partial charge in [0.1, 0.15) is 5.75 Å². The predicted octanol–water partition coefficient (Wildman–Crippen LogP) is 2.39. The van der Waals surface area contributed by atoms with E-state index in [1.807, 2.05) is 59.3 Å². The van der Waals surface area contributed by atoms with Crippen molar-refractivity contribution >= 4 is 5.91 Å². The highest BCUT2D eigenvalue weighted by Gasteiger charge is 2.15. The molecule has 3 rings (SSSR count). The number of benzene rings is 2. The van der Waals surface area contributed by atoms with Gasteiger partial charge in [-0.2, -0.15) is 0 Å². The van der Waals surface area contributed by atoms with Crippen molar-refractivity contribution in [3.63, 3.8) is 0 Å². The maximum Gasteiger partial charge on any atom is 0.237 e. The molecule has 146 valence electrons. The largest absolute Gasteiger partial charge is 0.494 e. The Labute approximate surface area is 165 Å². The van der Waals surface area contributed by atoms with E-state index in [0.717, 1.165) is 24.4 Å². The topological polar surface area (TPSA) is 82.2 Å². The van der Waals surface area contributed by atoms with Crippen LogP contribution in [0.4, 0.5) is 0 Å². The number of aromatic nitrogens is 2. The number of carbonyl (C=O) groups excluding carboxylic acids is 1. The lowest BCUT2D eigenvalue weighted by molar-refractivity contribution is -0.122. The Kier molecular flexibility index (Phi) is 7.21. The van der Waals surface area contributed by atoms with Gasteiger partial charge < -0.3 is 20.4 Å². The van der Waals surface area contributed by atoms with Gasteiger partial charge in [0.2, 0.25) is 5.91 Å². The van der Waals surface area contributed by atoms with Crippen LogP contribution in [0.5, 0.6) is 5.75 Å². The lowest BCUT2D eigenvalue weighted by Gasteiger charge is -2.11. The van der Waals surface area contributed by atoms with E-state index in [4.69, 9.17) is 10.5 Å². The normalized spacial score (nSPS) is 11.8. The molecule has 1 heterocycles. The molecule has 0 unspecified atom stereocenters. The summed E-state index contributed by atoms with van der Waals surface area (Å²) in [6, 6.07) is 19.2. The van der Waals surface area contributed by atoms with Crippen molar-refractivity contribution in [3.8, 4) is 5.75 Å². The maximum atomic E-state index is 12.2. The summed E-state index contributed by atoms with van der Waals surface area (Å²) in [7, 11) is 0. The van der Waals surface area contributed by atoms with Crippen molar-refractivity contribution in [2.45, 2.75) is 25.4 Å². The number of imidazole rings is 1. The third-order valence-corrected chi connectivity index (χ3v) is 4.29. The summed E-state index contributed by atoms with van der Waals surface area (Å²) in [6.07, 6.45) is 4.84. The van der Waals surface area contributed by atoms with Crippen molar-refractivity contribution in [2.24, 2.45) is 5.73 Å². The van der Waals surface area contributed by atoms with E-state index in [2.05, 4.69) is 22.4 Å². The smallest absolute Gasteiger partial charge is 0.237 e. The summed E-state index contributed by atoms with van der Waals surface area (Å²) >= 11 is 0. The van der Waals surface area contributed by atoms with E-state index in [1.165, 1.54) is 5.56 Å². The summed E-state index contributed by atoms with van der Waals surface area (Å²) < 4.78 is 7.60. The number of para-hydroxylation sites is 1. The van der Waals surface area contributed by atoms with Crippen LogP contribution >= 0.6 is 0 Å². The number of nitrogens with one attached hydrogen (secondary N) is 1. The summed E-state index contributed by atoms with van der Waals surface area (Å²) in [6.45, 7) is 1.82. The molecule has 0 aliphatic heterocycles. The minimum Gasteiger partial charge on any atom is -0.494 e.